The fraction of sp³-hybridized carbons (Fsp3) is 0.263. The molecule has 0 fully saturated rings. The molecule has 29 heavy (non-hydrogen) atoms. The number of amides is 1. The van der Waals surface area contributed by atoms with E-state index in [0.29, 0.717) is 17.0 Å². The van der Waals surface area contributed by atoms with Crippen molar-refractivity contribution >= 4 is 44.0 Å². The highest BCUT2D eigenvalue weighted by Crippen LogP contribution is 2.33. The van der Waals surface area contributed by atoms with Crippen molar-refractivity contribution in [1.29, 1.82) is 5.26 Å². The number of carbonyl (C=O) groups excluding carboxylic acids is 1. The maximum absolute atomic E-state index is 12.0. The molecule has 0 atom stereocenters. The second-order valence-electron chi connectivity index (χ2n) is 5.75. The van der Waals surface area contributed by atoms with Gasteiger partial charge < -0.3 is 14.2 Å². The zero-order valence-electron chi connectivity index (χ0n) is 16.0. The predicted octanol–water partition coefficient (Wildman–Crippen LogP) is 3.47. The highest BCUT2D eigenvalue weighted by atomic mass is 79.9. The monoisotopic (exact) mass is 524 g/mol. The van der Waals surface area contributed by atoms with Gasteiger partial charge in [-0.15, -0.1) is 0 Å². The maximum Gasteiger partial charge on any atom is 0.278 e. The van der Waals surface area contributed by atoms with Crippen LogP contribution in [0.5, 0.6) is 11.6 Å². The zero-order chi connectivity index (χ0) is 21.4. The normalized spacial score (nSPS) is 10.6. The van der Waals surface area contributed by atoms with Crippen LogP contribution in [0.25, 0.3) is 0 Å². The Kier molecular flexibility index (Phi) is 8.57. The number of aromatic nitrogens is 1. The van der Waals surface area contributed by atoms with E-state index >= 15 is 0 Å². The van der Waals surface area contributed by atoms with Crippen molar-refractivity contribution in [1.82, 2.24) is 10.4 Å². The first kappa shape index (κ1) is 22.8. The third-order valence-corrected chi connectivity index (χ3v) is 4.75. The quantitative estimate of drug-likeness (QED) is 0.418. The van der Waals surface area contributed by atoms with Gasteiger partial charge in [0.1, 0.15) is 17.4 Å². The number of pyridine rings is 1. The highest BCUT2D eigenvalue weighted by molar-refractivity contribution is 9.11. The fourth-order valence-electron chi connectivity index (χ4n) is 2.40. The molecular formula is C19H18Br2N4O4. The van der Waals surface area contributed by atoms with Crippen LogP contribution in [0.3, 0.4) is 0 Å². The third-order valence-electron chi connectivity index (χ3n) is 3.58. The largest absolute Gasteiger partial charge is 0.494 e. The van der Waals surface area contributed by atoms with E-state index in [-0.39, 0.29) is 24.7 Å². The molecule has 0 saturated carbocycles. The standard InChI is InChI=1S/C19H18Br2N4O4/c1-11-4-13(9-27-2)14(7-22)19(24-11)29-10-17(26)25-23-8-12-5-15(20)18(28-3)16(21)6-12/h4-6,8H,9-10H2,1-3H3,(H,25,26)/b23-8+. The lowest BCUT2D eigenvalue weighted by Gasteiger charge is -2.10. The minimum absolute atomic E-state index is 0.0849. The van der Waals surface area contributed by atoms with E-state index in [4.69, 9.17) is 14.2 Å². The molecule has 0 unspecified atom stereocenters. The van der Waals surface area contributed by atoms with Gasteiger partial charge in [0.25, 0.3) is 5.91 Å². The Bertz CT molecular complexity index is 950. The van der Waals surface area contributed by atoms with E-state index in [9.17, 15) is 10.1 Å². The second-order valence-corrected chi connectivity index (χ2v) is 7.46. The molecule has 0 aliphatic carbocycles. The van der Waals surface area contributed by atoms with Crippen LogP contribution in [0.2, 0.25) is 0 Å². The molecule has 152 valence electrons. The zero-order valence-corrected chi connectivity index (χ0v) is 19.1. The first-order valence-electron chi connectivity index (χ1n) is 8.26. The molecule has 0 spiro atoms. The minimum Gasteiger partial charge on any atom is -0.494 e. The fourth-order valence-corrected chi connectivity index (χ4v) is 3.94. The highest BCUT2D eigenvalue weighted by Gasteiger charge is 2.14. The van der Waals surface area contributed by atoms with E-state index in [1.54, 1.807) is 32.2 Å². The van der Waals surface area contributed by atoms with Crippen molar-refractivity contribution < 1.29 is 19.0 Å². The molecule has 8 nitrogen and oxygen atoms in total. The summed E-state index contributed by atoms with van der Waals surface area (Å²) < 4.78 is 17.2. The van der Waals surface area contributed by atoms with Crippen LogP contribution in [-0.2, 0) is 16.1 Å². The number of nitrogens with one attached hydrogen (secondary N) is 1. The molecule has 1 N–H and O–H groups in total. The average molecular weight is 526 g/mol. The SMILES string of the molecule is COCc1cc(C)nc(OCC(=O)N/N=C/c2cc(Br)c(OC)c(Br)c2)c1C#N. The summed E-state index contributed by atoms with van der Waals surface area (Å²) in [5.74, 6) is 0.251. The molecule has 0 radical (unpaired) electrons. The van der Waals surface area contributed by atoms with Crippen LogP contribution < -0.4 is 14.9 Å². The second kappa shape index (κ2) is 10.9. The molecule has 0 aliphatic rings. The number of carbonyl (C=O) groups is 1. The van der Waals surface area contributed by atoms with Crippen LogP contribution in [0.1, 0.15) is 22.4 Å². The van der Waals surface area contributed by atoms with Crippen LogP contribution in [0.15, 0.2) is 32.2 Å². The summed E-state index contributed by atoms with van der Waals surface area (Å²) in [6.07, 6.45) is 1.48. The Balaban J connectivity index is 2.01. The van der Waals surface area contributed by atoms with Gasteiger partial charge in [-0.3, -0.25) is 4.79 Å². The number of aryl methyl sites for hydroxylation is 1. The molecule has 0 saturated heterocycles. The van der Waals surface area contributed by atoms with Crippen LogP contribution >= 0.6 is 31.9 Å². The van der Waals surface area contributed by atoms with Gasteiger partial charge in [0.05, 0.1) is 28.9 Å². The van der Waals surface area contributed by atoms with Gasteiger partial charge in [0.2, 0.25) is 5.88 Å². The number of hydrogen-bond acceptors (Lipinski definition) is 7. The van der Waals surface area contributed by atoms with E-state index in [1.165, 1.54) is 13.3 Å². The van der Waals surface area contributed by atoms with Gasteiger partial charge in [-0.05, 0) is 62.5 Å². The Morgan fingerprint density at radius 2 is 2.00 bits per heavy atom. The summed E-state index contributed by atoms with van der Waals surface area (Å²) in [7, 11) is 3.10. The van der Waals surface area contributed by atoms with E-state index < -0.39 is 5.91 Å². The van der Waals surface area contributed by atoms with Crippen molar-refractivity contribution in [3.05, 3.63) is 49.5 Å². The predicted molar refractivity (Wildman–Crippen MR) is 114 cm³/mol. The van der Waals surface area contributed by atoms with Crippen LogP contribution in [0, 0.1) is 18.3 Å². The molecule has 1 aromatic carbocycles. The van der Waals surface area contributed by atoms with Gasteiger partial charge in [-0.1, -0.05) is 0 Å². The molecule has 1 heterocycles. The Morgan fingerprint density at radius 3 is 2.59 bits per heavy atom. The van der Waals surface area contributed by atoms with E-state index in [1.807, 2.05) is 6.07 Å². The van der Waals surface area contributed by atoms with E-state index in [2.05, 4.69) is 47.4 Å². The van der Waals surface area contributed by atoms with Crippen LogP contribution in [0.4, 0.5) is 0 Å². The molecular weight excluding hydrogens is 508 g/mol. The summed E-state index contributed by atoms with van der Waals surface area (Å²) in [4.78, 5) is 16.2. The molecule has 0 bridgehead atoms. The number of ether oxygens (including phenoxy) is 3. The van der Waals surface area contributed by atoms with E-state index in [0.717, 1.165) is 14.5 Å². The number of hydrogen-bond donors (Lipinski definition) is 1. The summed E-state index contributed by atoms with van der Waals surface area (Å²) in [6.45, 7) is 1.67. The lowest BCUT2D eigenvalue weighted by Crippen LogP contribution is -2.25. The molecule has 1 amide bonds. The third kappa shape index (κ3) is 6.25. The first-order valence-corrected chi connectivity index (χ1v) is 9.85. The van der Waals surface area contributed by atoms with Crippen molar-refractivity contribution in [2.75, 3.05) is 20.8 Å². The first-order chi connectivity index (χ1) is 13.9. The molecule has 0 aliphatic heterocycles. The molecule has 2 aromatic rings. The summed E-state index contributed by atoms with van der Waals surface area (Å²) in [5, 5.41) is 13.3. The molecule has 1 aromatic heterocycles. The Hall–Kier alpha value is -2.48. The Morgan fingerprint density at radius 1 is 1.31 bits per heavy atom. The summed E-state index contributed by atoms with van der Waals surface area (Å²) >= 11 is 6.80. The number of benzene rings is 1. The van der Waals surface area contributed by atoms with Crippen molar-refractivity contribution in [2.24, 2.45) is 5.10 Å². The lowest BCUT2D eigenvalue weighted by atomic mass is 10.1. The van der Waals surface area contributed by atoms with Crippen molar-refractivity contribution in [3.63, 3.8) is 0 Å². The maximum atomic E-state index is 12.0. The van der Waals surface area contributed by atoms with Gasteiger partial charge in [-0.2, -0.15) is 10.4 Å². The Labute approximate surface area is 185 Å². The lowest BCUT2D eigenvalue weighted by molar-refractivity contribution is -0.123. The number of rotatable bonds is 8. The molecule has 2 rings (SSSR count). The summed E-state index contributed by atoms with van der Waals surface area (Å²) in [6, 6.07) is 7.37. The number of nitrogens with zero attached hydrogens (tertiary/aromatic N) is 3. The average Bonchev–Trinajstić information content (AvgIpc) is 2.66. The van der Waals surface area contributed by atoms with Gasteiger partial charge in [0.15, 0.2) is 6.61 Å². The van der Waals surface area contributed by atoms with Crippen LogP contribution in [-0.4, -0.2) is 37.9 Å². The number of hydrazone groups is 1. The van der Waals surface area contributed by atoms with Gasteiger partial charge in [0, 0.05) is 18.4 Å². The topological polar surface area (TPSA) is 106 Å². The minimum atomic E-state index is -0.492. The number of methoxy groups -OCH3 is 2. The van der Waals surface area contributed by atoms with Crippen molar-refractivity contribution in [2.45, 2.75) is 13.5 Å². The van der Waals surface area contributed by atoms with Gasteiger partial charge in [-0.25, -0.2) is 10.4 Å². The smallest absolute Gasteiger partial charge is 0.278 e. The number of halogens is 2. The van der Waals surface area contributed by atoms with Gasteiger partial charge >= 0.3 is 0 Å². The number of nitriles is 1. The molecule has 10 heteroatoms. The van der Waals surface area contributed by atoms with Crippen molar-refractivity contribution in [3.8, 4) is 17.7 Å². The summed E-state index contributed by atoms with van der Waals surface area (Å²) in [5.41, 5.74) is 4.64.